The molecule has 3 rings (SSSR count). The van der Waals surface area contributed by atoms with Gasteiger partial charge in [0, 0.05) is 30.5 Å². The van der Waals surface area contributed by atoms with E-state index < -0.39 is 63.1 Å². The Kier molecular flexibility index (Phi) is 1.46. The van der Waals surface area contributed by atoms with Crippen LogP contribution in [0.1, 0.15) is 26.2 Å². The van der Waals surface area contributed by atoms with E-state index in [1.807, 2.05) is 0 Å². The van der Waals surface area contributed by atoms with Gasteiger partial charge in [-0.1, -0.05) is 6.04 Å². The van der Waals surface area contributed by atoms with Gasteiger partial charge in [0.05, 0.1) is 14.2 Å². The molecule has 21 heavy (non-hydrogen) atoms. The molecule has 1 aromatic heterocycles. The molecule has 2 heterocycles. The summed E-state index contributed by atoms with van der Waals surface area (Å²) < 4.78 is 108. The van der Waals surface area contributed by atoms with E-state index in [1.54, 1.807) is 0 Å². The molecule has 1 saturated heterocycles. The molecule has 1 aliphatic rings. The van der Waals surface area contributed by atoms with E-state index in [0.717, 1.165) is 13.2 Å². The highest BCUT2D eigenvalue weighted by Crippen LogP contribution is 2.21. The molecular weight excluding hydrogens is 266 g/mol. The Bertz CT molecular complexity index is 1160. The standard InChI is InChI=1S/C16H21N3O2/c1-19(2)6-5-12-9-17-15-4-3-11(8-14(12)15)7-13-10-21-16(20)18-13/h3-4,8-9,13,17H,5-7,10H2,1-2H3,(H,18,20)/t13-/m0/s1/i1D3,3D,4D,6D2,8D,10D2,13D/hD2. The maximum Gasteiger partial charge on any atom is 0.407 e. The molecule has 0 saturated carbocycles. The summed E-state index contributed by atoms with van der Waals surface area (Å²) in [7, 11) is 1.05. The van der Waals surface area contributed by atoms with Gasteiger partial charge in [0.1, 0.15) is 6.56 Å². The van der Waals surface area contributed by atoms with Crippen LogP contribution >= 0.6 is 0 Å². The van der Waals surface area contributed by atoms with Crippen molar-refractivity contribution in [3.05, 3.63) is 35.5 Å². The zero-order valence-corrected chi connectivity index (χ0v) is 11.1. The fourth-order valence-electron chi connectivity index (χ4n) is 1.90. The number of likely N-dealkylation sites (N-methyl/N-ethyl adjacent to an activating group) is 1. The van der Waals surface area contributed by atoms with Crippen molar-refractivity contribution in [2.45, 2.75) is 18.9 Å². The predicted molar refractivity (Wildman–Crippen MR) is 82.5 cm³/mol. The number of nitrogens with zero attached hydrogens (tertiary/aromatic N) is 1. The van der Waals surface area contributed by atoms with Gasteiger partial charge in [0.2, 0.25) is 0 Å². The lowest BCUT2D eigenvalue weighted by molar-refractivity contribution is 0.177. The molecule has 0 radical (unpaired) electrons. The van der Waals surface area contributed by atoms with Crippen LogP contribution in [0.15, 0.2) is 24.3 Å². The van der Waals surface area contributed by atoms with Crippen LogP contribution in [0.25, 0.3) is 10.9 Å². The number of aromatic nitrogens is 1. The fourth-order valence-corrected chi connectivity index (χ4v) is 1.90. The summed E-state index contributed by atoms with van der Waals surface area (Å²) in [5.74, 6) is 0. The predicted octanol–water partition coefficient (Wildman–Crippen LogP) is 1.92. The Hall–Kier alpha value is -2.01. The second-order valence-electron chi connectivity index (χ2n) is 4.46. The molecule has 1 atom stereocenters. The van der Waals surface area contributed by atoms with Gasteiger partial charge < -0.3 is 19.9 Å². The summed E-state index contributed by atoms with van der Waals surface area (Å²) in [6.07, 6.45) is -1.83. The number of carbonyl (C=O) groups is 1. The van der Waals surface area contributed by atoms with E-state index in [1.165, 1.54) is 0 Å². The summed E-state index contributed by atoms with van der Waals surface area (Å²) in [6.45, 7) is -8.24. The van der Waals surface area contributed by atoms with Gasteiger partial charge in [-0.15, -0.1) is 0 Å². The van der Waals surface area contributed by atoms with Crippen LogP contribution in [0.4, 0.5) is 4.79 Å². The van der Waals surface area contributed by atoms with Crippen LogP contribution in [-0.2, 0) is 17.6 Å². The highest BCUT2D eigenvalue weighted by Gasteiger charge is 2.22. The molecule has 1 aromatic carbocycles. The monoisotopic (exact) mass is 300 g/mol. The normalized spacial score (nSPS) is 34.9. The molecule has 1 fully saturated rings. The summed E-state index contributed by atoms with van der Waals surface area (Å²) in [6, 6.07) is -4.43. The number of fused-ring (bicyclic) bond motifs is 1. The minimum absolute atomic E-state index is 0.0191. The first-order valence-corrected chi connectivity index (χ1v) is 6.14. The van der Waals surface area contributed by atoms with Crippen LogP contribution in [0, 0.1) is 0 Å². The Morgan fingerprint density at radius 2 is 2.67 bits per heavy atom. The number of aryl methyl sites for hydroxylation is 1. The van der Waals surface area contributed by atoms with E-state index in [4.69, 9.17) is 17.9 Å². The quantitative estimate of drug-likeness (QED) is 0.887. The number of amides is 1. The SMILES string of the molecule is [2H]c1c(C[C@]2([2H])N([2H])C(=O)OC2([2H])[2H])c([2H])c2c(CC([2H])([2H])N(C)C([2H])([2H])[2H])cn([2H])c2c1[2H]. The average Bonchev–Trinajstić information content (AvgIpc) is 3.08. The summed E-state index contributed by atoms with van der Waals surface area (Å²) >= 11 is 0. The number of nitrogens with one attached hydrogen (secondary N) is 2. The smallest absolute Gasteiger partial charge is 0.407 e. The Labute approximate surface area is 142 Å². The molecule has 0 bridgehead atoms. The molecule has 5 heteroatoms. The topological polar surface area (TPSA) is 57.4 Å². The van der Waals surface area contributed by atoms with Gasteiger partial charge >= 0.3 is 6.09 Å². The second kappa shape index (κ2) is 5.77. The highest BCUT2D eigenvalue weighted by molar-refractivity contribution is 5.84. The van der Waals surface area contributed by atoms with Crippen molar-refractivity contribution in [2.24, 2.45) is 0 Å². The minimum atomic E-state index is -2.98. The Morgan fingerprint density at radius 3 is 3.43 bits per heavy atom. The summed E-state index contributed by atoms with van der Waals surface area (Å²) in [5.41, 5.74) is -0.636. The van der Waals surface area contributed by atoms with Crippen molar-refractivity contribution in [3.8, 4) is 0 Å². The second-order valence-corrected chi connectivity index (χ2v) is 4.46. The number of aromatic amines is 1. The maximum absolute atomic E-state index is 11.7. The van der Waals surface area contributed by atoms with E-state index in [0.29, 0.717) is 9.88 Å². The number of H-pyrrole nitrogens is 1. The molecule has 112 valence electrons. The third-order valence-electron chi connectivity index (χ3n) is 2.85. The fraction of sp³-hybridized carbons (Fsp3) is 0.438. The molecule has 1 amide bonds. The van der Waals surface area contributed by atoms with E-state index in [-0.39, 0.29) is 27.3 Å². The van der Waals surface area contributed by atoms with E-state index >= 15 is 0 Å². The lowest BCUT2D eigenvalue weighted by atomic mass is 10.0. The molecule has 0 aliphatic carbocycles. The van der Waals surface area contributed by atoms with Gasteiger partial charge in [-0.25, -0.2) is 4.79 Å². The lowest BCUT2D eigenvalue weighted by Crippen LogP contribution is -2.28. The summed E-state index contributed by atoms with van der Waals surface area (Å²) in [4.78, 5) is 12.9. The van der Waals surface area contributed by atoms with Crippen LogP contribution in [0.5, 0.6) is 0 Å². The molecule has 0 unspecified atom stereocenters. The Morgan fingerprint density at radius 1 is 1.76 bits per heavy atom. The van der Waals surface area contributed by atoms with Crippen molar-refractivity contribution in [3.63, 3.8) is 0 Å². The van der Waals surface area contributed by atoms with Crippen LogP contribution in [0.3, 0.4) is 0 Å². The number of hydrogen-bond acceptors (Lipinski definition) is 3. The number of carbonyl (C=O) groups excluding carboxylic acids is 1. The van der Waals surface area contributed by atoms with Crippen molar-refractivity contribution in [2.75, 3.05) is 27.1 Å². The number of ether oxygens (including phenoxy) is 1. The van der Waals surface area contributed by atoms with Crippen LogP contribution in [0.2, 0.25) is 2.82 Å². The largest absolute Gasteiger partial charge is 0.447 e. The molecular formula is C16H21N3O2. The van der Waals surface area contributed by atoms with Crippen molar-refractivity contribution >= 4 is 17.0 Å². The zero-order chi connectivity index (χ0) is 26.2. The minimum Gasteiger partial charge on any atom is -0.447 e. The average molecular weight is 300 g/mol. The van der Waals surface area contributed by atoms with Gasteiger partial charge in [-0.3, -0.25) is 0 Å². The highest BCUT2D eigenvalue weighted by atomic mass is 16.6. The zero-order valence-electron chi connectivity index (χ0n) is 24.1. The number of cyclic esters (lactones) is 1. The van der Waals surface area contributed by atoms with Gasteiger partial charge in [0.25, 0.3) is 0 Å². The maximum atomic E-state index is 11.7. The molecule has 0 spiro atoms. The molecule has 2 aromatic rings. The van der Waals surface area contributed by atoms with Crippen molar-refractivity contribution < 1.29 is 27.4 Å². The third-order valence-corrected chi connectivity index (χ3v) is 2.85. The molecule has 2 N–H and O–H groups in total. The van der Waals surface area contributed by atoms with Crippen molar-refractivity contribution in [1.82, 2.24) is 15.2 Å². The first-order valence-electron chi connectivity index (χ1n) is 12.5. The first kappa shape index (κ1) is 5.32. The molecule has 1 aliphatic heterocycles. The number of benzene rings is 1. The van der Waals surface area contributed by atoms with Crippen LogP contribution < -0.4 is 5.31 Å². The number of hydrogen-bond donors (Lipinski definition) is 2. The third kappa shape index (κ3) is 3.19. The first-order chi connectivity index (χ1) is 15.3. The number of rotatable bonds is 5. The van der Waals surface area contributed by atoms with Gasteiger partial charge in [0.15, 0.2) is 2.82 Å². The Balaban J connectivity index is 2.20. The number of alkyl carbamates (subject to hydrolysis) is 1. The van der Waals surface area contributed by atoms with Gasteiger partial charge in [-0.05, 0) is 50.1 Å². The summed E-state index contributed by atoms with van der Waals surface area (Å²) in [5, 5.41) is -0.208. The molecule has 5 nitrogen and oxygen atoms in total. The van der Waals surface area contributed by atoms with E-state index in [9.17, 15) is 4.79 Å². The van der Waals surface area contributed by atoms with Crippen LogP contribution in [-0.4, -0.2) is 49.1 Å². The van der Waals surface area contributed by atoms with Gasteiger partial charge in [-0.2, -0.15) is 0 Å². The lowest BCUT2D eigenvalue weighted by Gasteiger charge is -2.09. The van der Waals surface area contributed by atoms with Crippen molar-refractivity contribution in [1.29, 1.82) is 0 Å². The van der Waals surface area contributed by atoms with E-state index in [2.05, 4.69) is 4.74 Å².